The lowest BCUT2D eigenvalue weighted by Crippen LogP contribution is -1.88. The molecule has 0 saturated carbocycles. The van der Waals surface area contributed by atoms with E-state index in [1.165, 1.54) is 0 Å². The van der Waals surface area contributed by atoms with Crippen LogP contribution in [0.25, 0.3) is 27.2 Å². The molecule has 0 radical (unpaired) electrons. The SMILES string of the molecule is C=C(c1ccc(N)cc1)c1cc2c(ccc3cccc(OC)c32)[nH]1. The summed E-state index contributed by atoms with van der Waals surface area (Å²) >= 11 is 0. The number of hydrogen-bond acceptors (Lipinski definition) is 2. The van der Waals surface area contributed by atoms with Crippen LogP contribution in [-0.2, 0) is 0 Å². The molecular weight excluding hydrogens is 296 g/mol. The molecular formula is C21H18N2O. The topological polar surface area (TPSA) is 51.0 Å². The second-order valence-electron chi connectivity index (χ2n) is 5.87. The maximum atomic E-state index is 5.77. The van der Waals surface area contributed by atoms with E-state index in [0.717, 1.165) is 49.9 Å². The summed E-state index contributed by atoms with van der Waals surface area (Å²) in [7, 11) is 1.70. The van der Waals surface area contributed by atoms with E-state index in [1.54, 1.807) is 7.11 Å². The highest BCUT2D eigenvalue weighted by Crippen LogP contribution is 2.35. The summed E-state index contributed by atoms with van der Waals surface area (Å²) in [4.78, 5) is 3.47. The third kappa shape index (κ3) is 2.22. The quantitative estimate of drug-likeness (QED) is 0.524. The lowest BCUT2D eigenvalue weighted by atomic mass is 10.0. The Hall–Kier alpha value is -3.20. The van der Waals surface area contributed by atoms with Crippen LogP contribution in [0.2, 0.25) is 0 Å². The minimum atomic E-state index is 0.749. The van der Waals surface area contributed by atoms with Crippen molar-refractivity contribution in [2.24, 2.45) is 0 Å². The highest BCUT2D eigenvalue weighted by Gasteiger charge is 2.11. The van der Waals surface area contributed by atoms with Gasteiger partial charge in [-0.05, 0) is 46.9 Å². The smallest absolute Gasteiger partial charge is 0.127 e. The molecule has 4 aromatic rings. The molecule has 0 unspecified atom stereocenters. The number of aromatic amines is 1. The summed E-state index contributed by atoms with van der Waals surface area (Å²) in [6, 6.07) is 20.2. The summed E-state index contributed by atoms with van der Waals surface area (Å²) in [5.74, 6) is 0.877. The van der Waals surface area contributed by atoms with E-state index < -0.39 is 0 Å². The number of nitrogen functional groups attached to an aromatic ring is 1. The third-order valence-electron chi connectivity index (χ3n) is 4.41. The number of H-pyrrole nitrogens is 1. The van der Waals surface area contributed by atoms with Gasteiger partial charge < -0.3 is 15.5 Å². The van der Waals surface area contributed by atoms with Gasteiger partial charge in [0.1, 0.15) is 5.75 Å². The van der Waals surface area contributed by atoms with Crippen LogP contribution in [0, 0.1) is 0 Å². The van der Waals surface area contributed by atoms with Gasteiger partial charge in [0.05, 0.1) is 7.11 Å². The Bertz CT molecular complexity index is 1060. The Balaban J connectivity index is 1.90. The van der Waals surface area contributed by atoms with E-state index in [2.05, 4.69) is 35.8 Å². The molecule has 1 aromatic heterocycles. The van der Waals surface area contributed by atoms with Crippen LogP contribution in [0.1, 0.15) is 11.3 Å². The van der Waals surface area contributed by atoms with Crippen LogP contribution in [0.5, 0.6) is 5.75 Å². The van der Waals surface area contributed by atoms with Gasteiger partial charge in [-0.25, -0.2) is 0 Å². The first kappa shape index (κ1) is 14.4. The monoisotopic (exact) mass is 314 g/mol. The van der Waals surface area contributed by atoms with Crippen molar-refractivity contribution in [2.75, 3.05) is 12.8 Å². The van der Waals surface area contributed by atoms with Crippen LogP contribution in [0.15, 0.2) is 67.2 Å². The summed E-state index contributed by atoms with van der Waals surface area (Å²) in [5.41, 5.74) is 10.6. The number of nitrogens with one attached hydrogen (secondary N) is 1. The maximum Gasteiger partial charge on any atom is 0.127 e. The molecule has 0 aliphatic heterocycles. The molecule has 0 spiro atoms. The summed E-state index contributed by atoms with van der Waals surface area (Å²) < 4.78 is 5.55. The van der Waals surface area contributed by atoms with Gasteiger partial charge in [0.2, 0.25) is 0 Å². The first-order valence-electron chi connectivity index (χ1n) is 7.81. The van der Waals surface area contributed by atoms with E-state index in [4.69, 9.17) is 10.5 Å². The van der Waals surface area contributed by atoms with Crippen molar-refractivity contribution in [3.8, 4) is 5.75 Å². The normalized spacial score (nSPS) is 11.0. The highest BCUT2D eigenvalue weighted by molar-refractivity contribution is 6.11. The fourth-order valence-electron chi connectivity index (χ4n) is 3.13. The number of rotatable bonds is 3. The van der Waals surface area contributed by atoms with Crippen molar-refractivity contribution in [1.29, 1.82) is 0 Å². The Morgan fingerprint density at radius 2 is 1.83 bits per heavy atom. The average Bonchev–Trinajstić information content (AvgIpc) is 3.05. The van der Waals surface area contributed by atoms with Crippen molar-refractivity contribution in [3.63, 3.8) is 0 Å². The molecule has 0 atom stereocenters. The van der Waals surface area contributed by atoms with Crippen LogP contribution >= 0.6 is 0 Å². The number of methoxy groups -OCH3 is 1. The molecule has 3 heteroatoms. The second kappa shape index (κ2) is 5.46. The van der Waals surface area contributed by atoms with E-state index in [1.807, 2.05) is 36.4 Å². The van der Waals surface area contributed by atoms with Gasteiger partial charge >= 0.3 is 0 Å². The summed E-state index contributed by atoms with van der Waals surface area (Å²) in [6.07, 6.45) is 0. The zero-order valence-corrected chi connectivity index (χ0v) is 13.5. The fraction of sp³-hybridized carbons (Fsp3) is 0.0476. The zero-order valence-electron chi connectivity index (χ0n) is 13.5. The van der Waals surface area contributed by atoms with E-state index >= 15 is 0 Å². The summed E-state index contributed by atoms with van der Waals surface area (Å²) in [5, 5.41) is 3.41. The molecule has 0 saturated heterocycles. The van der Waals surface area contributed by atoms with E-state index in [9.17, 15) is 0 Å². The number of benzene rings is 3. The Morgan fingerprint density at radius 1 is 1.04 bits per heavy atom. The molecule has 118 valence electrons. The molecule has 1 heterocycles. The minimum absolute atomic E-state index is 0.749. The van der Waals surface area contributed by atoms with Crippen molar-refractivity contribution in [1.82, 2.24) is 4.98 Å². The zero-order chi connectivity index (χ0) is 16.7. The van der Waals surface area contributed by atoms with Gasteiger partial charge in [0.25, 0.3) is 0 Å². The Kier molecular flexibility index (Phi) is 3.28. The molecule has 3 aromatic carbocycles. The van der Waals surface area contributed by atoms with Gasteiger partial charge in [-0.15, -0.1) is 0 Å². The number of ether oxygens (including phenoxy) is 1. The summed E-state index contributed by atoms with van der Waals surface area (Å²) in [6.45, 7) is 4.24. The first-order chi connectivity index (χ1) is 11.7. The van der Waals surface area contributed by atoms with Gasteiger partial charge in [-0.1, -0.05) is 36.9 Å². The van der Waals surface area contributed by atoms with E-state index in [0.29, 0.717) is 0 Å². The van der Waals surface area contributed by atoms with Crippen LogP contribution in [-0.4, -0.2) is 12.1 Å². The van der Waals surface area contributed by atoms with Crippen LogP contribution < -0.4 is 10.5 Å². The third-order valence-corrected chi connectivity index (χ3v) is 4.41. The van der Waals surface area contributed by atoms with Crippen LogP contribution in [0.4, 0.5) is 5.69 Å². The predicted molar refractivity (Wildman–Crippen MR) is 101 cm³/mol. The van der Waals surface area contributed by atoms with Gasteiger partial charge in [-0.2, -0.15) is 0 Å². The van der Waals surface area contributed by atoms with Gasteiger partial charge in [0.15, 0.2) is 0 Å². The lowest BCUT2D eigenvalue weighted by molar-refractivity contribution is 0.420. The maximum absolute atomic E-state index is 5.77. The number of hydrogen-bond donors (Lipinski definition) is 2. The molecule has 0 fully saturated rings. The molecule has 4 rings (SSSR count). The predicted octanol–water partition coefficient (Wildman–Crippen LogP) is 4.97. The van der Waals surface area contributed by atoms with Gasteiger partial charge in [0, 0.05) is 27.7 Å². The molecule has 0 bridgehead atoms. The van der Waals surface area contributed by atoms with Crippen molar-refractivity contribution >= 4 is 32.9 Å². The number of nitrogens with two attached hydrogens (primary N) is 1. The second-order valence-corrected chi connectivity index (χ2v) is 5.87. The molecule has 0 aliphatic carbocycles. The average molecular weight is 314 g/mol. The van der Waals surface area contributed by atoms with E-state index in [-0.39, 0.29) is 0 Å². The number of fused-ring (bicyclic) bond motifs is 3. The standard InChI is InChI=1S/C21H18N2O/c1-13(14-6-9-16(22)10-7-14)19-12-17-18(23-19)11-8-15-4-3-5-20(24-2)21(15)17/h3-12,23H,1,22H2,2H3. The first-order valence-corrected chi connectivity index (χ1v) is 7.81. The minimum Gasteiger partial charge on any atom is -0.496 e. The highest BCUT2D eigenvalue weighted by atomic mass is 16.5. The molecule has 0 aliphatic rings. The molecule has 0 amide bonds. The lowest BCUT2D eigenvalue weighted by Gasteiger charge is -2.06. The van der Waals surface area contributed by atoms with Crippen molar-refractivity contribution < 1.29 is 4.74 Å². The number of anilines is 1. The number of aromatic nitrogens is 1. The van der Waals surface area contributed by atoms with Crippen molar-refractivity contribution in [3.05, 3.63) is 78.5 Å². The molecule has 24 heavy (non-hydrogen) atoms. The Morgan fingerprint density at radius 3 is 2.58 bits per heavy atom. The molecule has 3 N–H and O–H groups in total. The fourth-order valence-corrected chi connectivity index (χ4v) is 3.13. The Labute approximate surface area is 140 Å². The van der Waals surface area contributed by atoms with Crippen molar-refractivity contribution in [2.45, 2.75) is 0 Å². The van der Waals surface area contributed by atoms with Crippen LogP contribution in [0.3, 0.4) is 0 Å². The van der Waals surface area contributed by atoms with Gasteiger partial charge in [-0.3, -0.25) is 0 Å². The largest absolute Gasteiger partial charge is 0.496 e. The molecule has 3 nitrogen and oxygen atoms in total.